The summed E-state index contributed by atoms with van der Waals surface area (Å²) in [5.41, 5.74) is 3.01. The van der Waals surface area contributed by atoms with Gasteiger partial charge in [-0.1, -0.05) is 41.4 Å². The molecule has 0 fully saturated rings. The van der Waals surface area contributed by atoms with Crippen LogP contribution in [0.5, 0.6) is 11.5 Å². The van der Waals surface area contributed by atoms with Crippen molar-refractivity contribution in [2.24, 2.45) is 5.10 Å². The maximum absolute atomic E-state index is 12.7. The molecule has 0 saturated heterocycles. The van der Waals surface area contributed by atoms with Gasteiger partial charge in [-0.2, -0.15) is 5.10 Å². The van der Waals surface area contributed by atoms with Crippen LogP contribution in [0.3, 0.4) is 0 Å². The van der Waals surface area contributed by atoms with Crippen LogP contribution in [-0.4, -0.2) is 28.9 Å². The van der Waals surface area contributed by atoms with E-state index in [1.54, 1.807) is 24.4 Å². The number of pyridine rings is 1. The second-order valence-electron chi connectivity index (χ2n) is 6.20. The first kappa shape index (κ1) is 21.4. The summed E-state index contributed by atoms with van der Waals surface area (Å²) in [6.45, 7) is 0.231. The highest BCUT2D eigenvalue weighted by Gasteiger charge is 2.13. The molecule has 0 spiro atoms. The highest BCUT2D eigenvalue weighted by atomic mass is 35.5. The number of nitrogens with one attached hydrogen (secondary N) is 1. The van der Waals surface area contributed by atoms with Gasteiger partial charge in [0.15, 0.2) is 11.5 Å². The molecule has 3 aromatic rings. The average Bonchev–Trinajstić information content (AvgIpc) is 2.73. The molecule has 2 N–H and O–H groups in total. The number of rotatable bonds is 6. The molecule has 0 bridgehead atoms. The van der Waals surface area contributed by atoms with Crippen LogP contribution >= 0.6 is 23.2 Å². The number of benzene rings is 2. The van der Waals surface area contributed by atoms with Crippen molar-refractivity contribution in [2.45, 2.75) is 6.54 Å². The van der Waals surface area contributed by atoms with E-state index in [2.05, 4.69) is 10.5 Å². The molecule has 0 unspecified atom stereocenters. The number of nitrogens with zero attached hydrogens (tertiary/aromatic N) is 2. The Morgan fingerprint density at radius 3 is 2.70 bits per heavy atom. The number of ether oxygens (including phenoxy) is 1. The van der Waals surface area contributed by atoms with E-state index in [4.69, 9.17) is 27.9 Å². The predicted molar refractivity (Wildman–Crippen MR) is 116 cm³/mol. The van der Waals surface area contributed by atoms with Gasteiger partial charge in [0, 0.05) is 11.2 Å². The summed E-state index contributed by atoms with van der Waals surface area (Å²) in [6, 6.07) is 13.1. The van der Waals surface area contributed by atoms with Gasteiger partial charge in [-0.05, 0) is 41.5 Å². The summed E-state index contributed by atoms with van der Waals surface area (Å²) in [7, 11) is 1.39. The van der Waals surface area contributed by atoms with Crippen molar-refractivity contribution in [1.82, 2.24) is 9.99 Å². The van der Waals surface area contributed by atoms with Crippen molar-refractivity contribution in [3.63, 3.8) is 0 Å². The molecule has 0 radical (unpaired) electrons. The molecule has 3 rings (SSSR count). The maximum Gasteiger partial charge on any atom is 0.276 e. The van der Waals surface area contributed by atoms with E-state index >= 15 is 0 Å². The van der Waals surface area contributed by atoms with Crippen molar-refractivity contribution < 1.29 is 14.6 Å². The third-order valence-corrected chi connectivity index (χ3v) is 4.87. The fourth-order valence-corrected chi connectivity index (χ4v) is 3.11. The molecule has 7 nitrogen and oxygen atoms in total. The lowest BCUT2D eigenvalue weighted by Gasteiger charge is -2.09. The largest absolute Gasteiger partial charge is 0.503 e. The first-order chi connectivity index (χ1) is 14.4. The van der Waals surface area contributed by atoms with Crippen LogP contribution < -0.4 is 15.7 Å². The van der Waals surface area contributed by atoms with Gasteiger partial charge < -0.3 is 14.4 Å². The molecule has 0 saturated carbocycles. The molecule has 1 aromatic heterocycles. The number of halogens is 2. The van der Waals surface area contributed by atoms with Crippen LogP contribution in [0, 0.1) is 0 Å². The van der Waals surface area contributed by atoms with Crippen LogP contribution in [0.2, 0.25) is 10.0 Å². The summed E-state index contributed by atoms with van der Waals surface area (Å²) < 4.78 is 6.41. The number of hydrogen-bond donors (Lipinski definition) is 2. The van der Waals surface area contributed by atoms with Gasteiger partial charge >= 0.3 is 0 Å². The van der Waals surface area contributed by atoms with E-state index in [1.165, 1.54) is 36.1 Å². The lowest BCUT2D eigenvalue weighted by molar-refractivity contribution is 0.0953. The van der Waals surface area contributed by atoms with Gasteiger partial charge in [-0.25, -0.2) is 5.43 Å². The zero-order chi connectivity index (χ0) is 21.7. The number of methoxy groups -OCH3 is 1. The third-order valence-electron chi connectivity index (χ3n) is 4.21. The van der Waals surface area contributed by atoms with Gasteiger partial charge in [-0.15, -0.1) is 0 Å². The molecule has 9 heteroatoms. The summed E-state index contributed by atoms with van der Waals surface area (Å²) in [6.07, 6.45) is 2.90. The number of aromatic hydroxyl groups is 1. The average molecular weight is 446 g/mol. The Labute approximate surface area is 182 Å². The molecule has 0 aliphatic heterocycles. The van der Waals surface area contributed by atoms with Crippen molar-refractivity contribution in [3.8, 4) is 11.5 Å². The highest BCUT2D eigenvalue weighted by molar-refractivity contribution is 6.32. The number of amides is 1. The van der Waals surface area contributed by atoms with Gasteiger partial charge in [0.25, 0.3) is 11.5 Å². The van der Waals surface area contributed by atoms with Crippen LogP contribution in [0.1, 0.15) is 21.5 Å². The van der Waals surface area contributed by atoms with Crippen molar-refractivity contribution in [3.05, 3.63) is 91.8 Å². The normalized spacial score (nSPS) is 10.9. The van der Waals surface area contributed by atoms with E-state index in [-0.39, 0.29) is 28.6 Å². The number of phenols is 1. The molecule has 0 aliphatic rings. The highest BCUT2D eigenvalue weighted by Crippen LogP contribution is 2.34. The minimum Gasteiger partial charge on any atom is -0.503 e. The molecule has 30 heavy (non-hydrogen) atoms. The van der Waals surface area contributed by atoms with E-state index in [0.717, 1.165) is 5.56 Å². The maximum atomic E-state index is 12.7. The van der Waals surface area contributed by atoms with Crippen LogP contribution in [0.25, 0.3) is 0 Å². The number of carbonyl (C=O) groups excluding carboxylic acids is 1. The summed E-state index contributed by atoms with van der Waals surface area (Å²) in [4.78, 5) is 25.1. The number of hydrazone groups is 1. The van der Waals surface area contributed by atoms with Gasteiger partial charge in [-0.3, -0.25) is 9.59 Å². The van der Waals surface area contributed by atoms with E-state index < -0.39 is 11.5 Å². The van der Waals surface area contributed by atoms with Crippen LogP contribution in [0.15, 0.2) is 64.6 Å². The smallest absolute Gasteiger partial charge is 0.276 e. The van der Waals surface area contributed by atoms with Gasteiger partial charge in [0.05, 0.1) is 24.9 Å². The summed E-state index contributed by atoms with van der Waals surface area (Å²) in [5.74, 6) is -0.689. The quantitative estimate of drug-likeness (QED) is 0.446. The summed E-state index contributed by atoms with van der Waals surface area (Å²) in [5, 5.41) is 14.2. The van der Waals surface area contributed by atoms with Gasteiger partial charge in [0.1, 0.15) is 5.56 Å². The molecular weight excluding hydrogens is 429 g/mol. The minimum absolute atomic E-state index is 0.0666. The zero-order valence-electron chi connectivity index (χ0n) is 15.8. The number of carbonyl (C=O) groups is 1. The van der Waals surface area contributed by atoms with E-state index in [0.29, 0.717) is 10.6 Å². The van der Waals surface area contributed by atoms with Crippen LogP contribution in [0.4, 0.5) is 0 Å². The topological polar surface area (TPSA) is 92.9 Å². The third kappa shape index (κ3) is 4.82. The standard InChI is InChI=1S/C21H17Cl2N3O4/c1-30-18-10-13(9-17(23)19(18)27)11-24-25-20(28)15-6-4-8-26(21(15)29)12-14-5-2-3-7-16(14)22/h2-11,27H,12H2,1H3,(H,25,28)/b24-11-. The first-order valence-electron chi connectivity index (χ1n) is 8.73. The van der Waals surface area contributed by atoms with Crippen molar-refractivity contribution in [1.29, 1.82) is 0 Å². The number of phenolic OH excluding ortho intramolecular Hbond substituents is 1. The monoisotopic (exact) mass is 445 g/mol. The minimum atomic E-state index is -0.665. The molecule has 154 valence electrons. The second kappa shape index (κ2) is 9.47. The summed E-state index contributed by atoms with van der Waals surface area (Å²) >= 11 is 12.1. The second-order valence-corrected chi connectivity index (χ2v) is 7.01. The van der Waals surface area contributed by atoms with E-state index in [9.17, 15) is 14.7 Å². The fraction of sp³-hybridized carbons (Fsp3) is 0.0952. The van der Waals surface area contributed by atoms with Gasteiger partial charge in [0.2, 0.25) is 0 Å². The molecule has 1 heterocycles. The first-order valence-corrected chi connectivity index (χ1v) is 9.49. The zero-order valence-corrected chi connectivity index (χ0v) is 17.3. The Morgan fingerprint density at radius 1 is 1.20 bits per heavy atom. The predicted octanol–water partition coefficient (Wildman–Crippen LogP) is 3.68. The Morgan fingerprint density at radius 2 is 1.97 bits per heavy atom. The molecule has 2 aromatic carbocycles. The Kier molecular flexibility index (Phi) is 6.76. The fourth-order valence-electron chi connectivity index (χ4n) is 2.69. The number of hydrogen-bond acceptors (Lipinski definition) is 5. The Hall–Kier alpha value is -3.29. The molecular formula is C21H17Cl2N3O4. The van der Waals surface area contributed by atoms with Crippen LogP contribution in [-0.2, 0) is 6.54 Å². The molecule has 0 aliphatic carbocycles. The Balaban J connectivity index is 1.76. The van der Waals surface area contributed by atoms with Crippen molar-refractivity contribution >= 4 is 35.3 Å². The Bertz CT molecular complexity index is 1180. The SMILES string of the molecule is COc1cc(/C=N\NC(=O)c2cccn(Cc3ccccc3Cl)c2=O)cc(Cl)c1O. The lowest BCUT2D eigenvalue weighted by Crippen LogP contribution is -2.31. The lowest BCUT2D eigenvalue weighted by atomic mass is 10.2. The van der Waals surface area contributed by atoms with Crippen molar-refractivity contribution in [2.75, 3.05) is 7.11 Å². The molecule has 0 atom stereocenters. The van der Waals surface area contributed by atoms with E-state index in [1.807, 2.05) is 12.1 Å². The number of aromatic nitrogens is 1. The molecule has 1 amide bonds.